The van der Waals surface area contributed by atoms with Gasteiger partial charge in [-0.05, 0) is 36.8 Å². The second-order valence-corrected chi connectivity index (χ2v) is 9.15. The number of alkyl halides is 3. The summed E-state index contributed by atoms with van der Waals surface area (Å²) in [6.07, 6.45) is 2.40. The summed E-state index contributed by atoms with van der Waals surface area (Å²) in [5, 5.41) is 3.63. The van der Waals surface area contributed by atoms with E-state index in [4.69, 9.17) is 4.74 Å². The minimum atomic E-state index is -4.39. The molecule has 1 aromatic heterocycles. The lowest BCUT2D eigenvalue weighted by atomic mass is 10.0. The number of hydrogen-bond donors (Lipinski definition) is 1. The van der Waals surface area contributed by atoms with E-state index in [0.29, 0.717) is 24.2 Å². The maximum absolute atomic E-state index is 12.5. The number of amides is 1. The van der Waals surface area contributed by atoms with E-state index in [9.17, 15) is 18.0 Å². The van der Waals surface area contributed by atoms with Gasteiger partial charge in [-0.15, -0.1) is 0 Å². The van der Waals surface area contributed by atoms with E-state index in [-0.39, 0.29) is 12.5 Å². The largest absolute Gasteiger partial charge is 0.417 e. The number of nitrogens with zero attached hydrogens (tertiary/aromatic N) is 2. The first-order valence-corrected chi connectivity index (χ1v) is 12.8. The Labute approximate surface area is 203 Å². The number of aromatic nitrogens is 1. The smallest absolute Gasteiger partial charge is 0.381 e. The summed E-state index contributed by atoms with van der Waals surface area (Å²) in [5.74, 6) is 1.62. The van der Waals surface area contributed by atoms with Crippen molar-refractivity contribution < 1.29 is 22.7 Å². The second-order valence-electron chi connectivity index (χ2n) is 9.15. The van der Waals surface area contributed by atoms with Crippen LogP contribution in [0.1, 0.15) is 84.0 Å². The molecule has 196 valence electrons. The molecule has 3 aliphatic rings. The molecule has 1 saturated carbocycles. The molecule has 0 bridgehead atoms. The molecular weight excluding hydrogens is 443 g/mol. The fourth-order valence-electron chi connectivity index (χ4n) is 3.98. The zero-order valence-corrected chi connectivity index (χ0v) is 21.8. The van der Waals surface area contributed by atoms with Crippen molar-refractivity contribution in [3.8, 4) is 0 Å². The van der Waals surface area contributed by atoms with Gasteiger partial charge in [0.05, 0.1) is 18.8 Å². The van der Waals surface area contributed by atoms with E-state index >= 15 is 0 Å². The van der Waals surface area contributed by atoms with Gasteiger partial charge in [0, 0.05) is 56.8 Å². The summed E-state index contributed by atoms with van der Waals surface area (Å²) < 4.78 is 42.6. The quantitative estimate of drug-likeness (QED) is 0.580. The molecule has 2 fully saturated rings. The maximum atomic E-state index is 12.5. The van der Waals surface area contributed by atoms with E-state index in [0.717, 1.165) is 43.4 Å². The number of halogens is 3. The lowest BCUT2D eigenvalue weighted by Gasteiger charge is -2.27. The van der Waals surface area contributed by atoms with Crippen molar-refractivity contribution in [2.24, 2.45) is 11.8 Å². The van der Waals surface area contributed by atoms with Crippen molar-refractivity contribution in [3.63, 3.8) is 0 Å². The van der Waals surface area contributed by atoms with Crippen LogP contribution in [0, 0.1) is 11.8 Å². The van der Waals surface area contributed by atoms with Crippen LogP contribution in [0.25, 0.3) is 0 Å². The number of hydrogen-bond acceptors (Lipinski definition) is 4. The highest BCUT2D eigenvalue weighted by Gasteiger charge is 2.32. The monoisotopic (exact) mass is 487 g/mol. The maximum Gasteiger partial charge on any atom is 0.417 e. The molecule has 0 radical (unpaired) electrons. The number of ether oxygens (including phenoxy) is 1. The Hall–Kier alpha value is -1.67. The number of fused-ring (bicyclic) bond motifs is 1. The molecule has 1 N–H and O–H groups in total. The molecule has 2 aliphatic heterocycles. The van der Waals surface area contributed by atoms with Crippen LogP contribution in [0.2, 0.25) is 0 Å². The molecular formula is C26H44F3N3O2. The Morgan fingerprint density at radius 2 is 1.88 bits per heavy atom. The Morgan fingerprint density at radius 1 is 1.24 bits per heavy atom. The summed E-state index contributed by atoms with van der Waals surface area (Å²) in [7, 11) is 0. The molecule has 0 spiro atoms. The lowest BCUT2D eigenvalue weighted by molar-refractivity contribution is -0.137. The number of rotatable bonds is 3. The van der Waals surface area contributed by atoms with Gasteiger partial charge in [-0.3, -0.25) is 9.78 Å². The molecule has 4 rings (SSSR count). The molecule has 5 nitrogen and oxygen atoms in total. The zero-order chi connectivity index (χ0) is 25.7. The Bertz CT molecular complexity index is 724. The third-order valence-electron chi connectivity index (χ3n) is 5.91. The van der Waals surface area contributed by atoms with Crippen LogP contribution in [-0.4, -0.2) is 48.1 Å². The van der Waals surface area contributed by atoms with Gasteiger partial charge in [0.1, 0.15) is 0 Å². The number of carbonyl (C=O) groups excluding carboxylic acids is 1. The van der Waals surface area contributed by atoms with Crippen LogP contribution in [0.15, 0.2) is 12.3 Å². The number of carbonyl (C=O) groups is 1. The Morgan fingerprint density at radius 3 is 2.35 bits per heavy atom. The average molecular weight is 488 g/mol. The van der Waals surface area contributed by atoms with E-state index in [2.05, 4.69) is 31.1 Å². The topological polar surface area (TPSA) is 54.5 Å². The first-order chi connectivity index (χ1) is 16.1. The molecule has 1 unspecified atom stereocenters. The van der Waals surface area contributed by atoms with Gasteiger partial charge in [-0.25, -0.2) is 0 Å². The number of pyridine rings is 1. The first-order valence-electron chi connectivity index (χ1n) is 12.8. The summed E-state index contributed by atoms with van der Waals surface area (Å²) in [6, 6.07) is 1.89. The van der Waals surface area contributed by atoms with Crippen LogP contribution < -0.4 is 5.32 Å². The van der Waals surface area contributed by atoms with Crippen molar-refractivity contribution in [2.45, 2.75) is 92.4 Å². The minimum absolute atomic E-state index is 0.131. The second kappa shape index (κ2) is 15.4. The summed E-state index contributed by atoms with van der Waals surface area (Å²) in [4.78, 5) is 16.5. The zero-order valence-electron chi connectivity index (χ0n) is 21.8. The van der Waals surface area contributed by atoms with Gasteiger partial charge in [0.15, 0.2) is 0 Å². The van der Waals surface area contributed by atoms with Crippen molar-refractivity contribution in [2.75, 3.05) is 26.3 Å². The van der Waals surface area contributed by atoms with Crippen molar-refractivity contribution >= 4 is 5.91 Å². The number of nitrogens with one attached hydrogen (secondary N) is 1. The average Bonchev–Trinajstić information content (AvgIpc) is 3.18. The van der Waals surface area contributed by atoms with Crippen LogP contribution in [0.5, 0.6) is 0 Å². The lowest BCUT2D eigenvalue weighted by Crippen LogP contribution is -2.40. The first kappa shape index (κ1) is 30.4. The van der Waals surface area contributed by atoms with Crippen LogP contribution in [-0.2, 0) is 28.7 Å². The van der Waals surface area contributed by atoms with E-state index in [1.165, 1.54) is 44.1 Å². The van der Waals surface area contributed by atoms with Crippen molar-refractivity contribution in [1.29, 1.82) is 0 Å². The standard InChI is InChI=1S/C11H11F3N2O.C10H19NO.C3H8.C2H6/c1-7(17)16-3-2-10-8(6-16)4-9(5-15-10)11(12,13)14;1-8-2-3-10(4-8)11-5-9-6-12-7-9;1-3-2;1-2/h4-5H,2-3,6H2,1H3;8-11H,2-7H2,1H3;3H2,1-2H3;1-2H3/t;8-,10?;;/m.0../s1. The highest BCUT2D eigenvalue weighted by Crippen LogP contribution is 2.31. The molecule has 3 heterocycles. The predicted molar refractivity (Wildman–Crippen MR) is 130 cm³/mol. The van der Waals surface area contributed by atoms with Gasteiger partial charge in [0.25, 0.3) is 0 Å². The van der Waals surface area contributed by atoms with Gasteiger partial charge < -0.3 is 15.0 Å². The highest BCUT2D eigenvalue weighted by molar-refractivity contribution is 5.73. The van der Waals surface area contributed by atoms with Gasteiger partial charge in [-0.1, -0.05) is 41.0 Å². The third kappa shape index (κ3) is 10.3. The molecule has 1 aliphatic carbocycles. The third-order valence-corrected chi connectivity index (χ3v) is 5.91. The molecule has 1 aromatic rings. The molecule has 8 heteroatoms. The van der Waals surface area contributed by atoms with Crippen molar-refractivity contribution in [3.05, 3.63) is 29.1 Å². The van der Waals surface area contributed by atoms with Gasteiger partial charge in [-0.2, -0.15) is 13.2 Å². The van der Waals surface area contributed by atoms with Gasteiger partial charge >= 0.3 is 6.18 Å². The Balaban J connectivity index is 0.000000297. The molecule has 1 saturated heterocycles. The van der Waals surface area contributed by atoms with Crippen molar-refractivity contribution in [1.82, 2.24) is 15.2 Å². The fraction of sp³-hybridized carbons (Fsp3) is 0.769. The molecule has 2 atom stereocenters. The van der Waals surface area contributed by atoms with Crippen LogP contribution >= 0.6 is 0 Å². The predicted octanol–water partition coefficient (Wildman–Crippen LogP) is 5.86. The summed E-state index contributed by atoms with van der Waals surface area (Å²) in [5.41, 5.74) is 0.374. The van der Waals surface area contributed by atoms with Crippen LogP contribution in [0.3, 0.4) is 0 Å². The molecule has 34 heavy (non-hydrogen) atoms. The fourth-order valence-corrected chi connectivity index (χ4v) is 3.98. The molecule has 0 aromatic carbocycles. The van der Waals surface area contributed by atoms with Crippen LogP contribution in [0.4, 0.5) is 13.2 Å². The highest BCUT2D eigenvalue weighted by atomic mass is 19.4. The minimum Gasteiger partial charge on any atom is -0.381 e. The SMILES string of the molecule is CC.CC(=O)N1CCc2ncc(C(F)(F)F)cc2C1.CCC.C[C@H]1CCC(NCC2COC2)C1. The van der Waals surface area contributed by atoms with Gasteiger partial charge in [0.2, 0.25) is 5.91 Å². The van der Waals surface area contributed by atoms with E-state index < -0.39 is 11.7 Å². The van der Waals surface area contributed by atoms with E-state index in [1.807, 2.05) is 13.8 Å². The summed E-state index contributed by atoms with van der Waals surface area (Å²) in [6.45, 7) is 15.9. The Kier molecular flexibility index (Phi) is 13.7. The normalized spacial score (nSPS) is 21.5. The summed E-state index contributed by atoms with van der Waals surface area (Å²) >= 11 is 0. The van der Waals surface area contributed by atoms with E-state index in [1.54, 1.807) is 0 Å². The molecule has 1 amide bonds.